The van der Waals surface area contributed by atoms with E-state index in [1.54, 1.807) is 25.7 Å². The zero-order valence-electron chi connectivity index (χ0n) is 9.25. The van der Waals surface area contributed by atoms with Gasteiger partial charge in [0.25, 0.3) is 0 Å². The van der Waals surface area contributed by atoms with E-state index in [0.29, 0.717) is 0 Å². The van der Waals surface area contributed by atoms with Crippen molar-refractivity contribution in [3.63, 3.8) is 0 Å². The van der Waals surface area contributed by atoms with Gasteiger partial charge in [-0.3, -0.25) is 0 Å². The molecule has 0 spiro atoms. The van der Waals surface area contributed by atoms with Crippen molar-refractivity contribution in [3.05, 3.63) is 6.42 Å². The van der Waals surface area contributed by atoms with E-state index in [2.05, 4.69) is 6.42 Å². The Morgan fingerprint density at radius 2 is 1.57 bits per heavy atom. The lowest BCUT2D eigenvalue weighted by Gasteiger charge is -2.47. The van der Waals surface area contributed by atoms with Crippen LogP contribution in [0.5, 0.6) is 0 Å². The molecule has 0 heteroatoms. The molecular weight excluding hydrogens is 168 g/mol. The molecule has 3 aliphatic carbocycles. The minimum Gasteiger partial charge on any atom is -0.0530 e. The Kier molecular flexibility index (Phi) is 2.55. The Bertz CT molecular complexity index is 174. The molecule has 0 aromatic rings. The second-order valence-corrected chi connectivity index (χ2v) is 5.78. The van der Waals surface area contributed by atoms with E-state index in [-0.39, 0.29) is 0 Å². The second-order valence-electron chi connectivity index (χ2n) is 5.78. The quantitative estimate of drug-likeness (QED) is 0.538. The first-order chi connectivity index (χ1) is 6.95. The predicted octanol–water partition coefficient (Wildman–Crippen LogP) is 4.21. The highest BCUT2D eigenvalue weighted by Crippen LogP contribution is 2.50. The Hall–Kier alpha value is 0. The van der Waals surface area contributed by atoms with Crippen LogP contribution in [-0.4, -0.2) is 0 Å². The smallest absolute Gasteiger partial charge is 0.0352 e. The van der Waals surface area contributed by atoms with E-state index in [4.69, 9.17) is 0 Å². The largest absolute Gasteiger partial charge is 0.0530 e. The molecule has 0 aromatic carbocycles. The van der Waals surface area contributed by atoms with E-state index >= 15 is 0 Å². The van der Waals surface area contributed by atoms with Gasteiger partial charge in [0.2, 0.25) is 0 Å². The second kappa shape index (κ2) is 3.87. The van der Waals surface area contributed by atoms with Crippen LogP contribution in [-0.2, 0) is 0 Å². The zero-order chi connectivity index (χ0) is 9.38. The van der Waals surface area contributed by atoms with E-state index in [1.807, 2.05) is 0 Å². The Balaban J connectivity index is 1.74. The molecule has 4 unspecified atom stereocenters. The first-order valence-corrected chi connectivity index (χ1v) is 6.78. The van der Waals surface area contributed by atoms with Crippen LogP contribution in [0.15, 0.2) is 0 Å². The lowest BCUT2D eigenvalue weighted by molar-refractivity contribution is 0.0488. The van der Waals surface area contributed by atoms with Crippen molar-refractivity contribution >= 4 is 0 Å². The first-order valence-electron chi connectivity index (χ1n) is 6.78. The standard InChI is InChI=1S/C14H23/c1-3-7-13-11(5-1)9-10-12-6-2-4-8-14(12)13/h5,11-14H,1-4,6-10H2. The van der Waals surface area contributed by atoms with Crippen LogP contribution in [0, 0.1) is 30.1 Å². The molecule has 0 saturated heterocycles. The zero-order valence-corrected chi connectivity index (χ0v) is 9.25. The Morgan fingerprint density at radius 3 is 2.57 bits per heavy atom. The average molecular weight is 191 g/mol. The first kappa shape index (κ1) is 9.24. The molecule has 0 bridgehead atoms. The maximum absolute atomic E-state index is 2.67. The van der Waals surface area contributed by atoms with Crippen LogP contribution in [0.1, 0.15) is 57.8 Å². The maximum Gasteiger partial charge on any atom is -0.0352 e. The van der Waals surface area contributed by atoms with Crippen LogP contribution in [0.3, 0.4) is 0 Å². The SMILES string of the molecule is [CH]1CCCC2C1CCC1CCCCC12. The van der Waals surface area contributed by atoms with Crippen LogP contribution in [0.4, 0.5) is 0 Å². The molecule has 0 N–H and O–H groups in total. The van der Waals surface area contributed by atoms with Gasteiger partial charge in [0.15, 0.2) is 0 Å². The van der Waals surface area contributed by atoms with Crippen molar-refractivity contribution in [3.8, 4) is 0 Å². The monoisotopic (exact) mass is 191 g/mol. The van der Waals surface area contributed by atoms with Crippen molar-refractivity contribution in [2.24, 2.45) is 23.7 Å². The molecule has 14 heavy (non-hydrogen) atoms. The molecule has 0 heterocycles. The molecule has 0 nitrogen and oxygen atoms in total. The molecule has 3 aliphatic rings. The van der Waals surface area contributed by atoms with Gasteiger partial charge in [-0.05, 0) is 62.2 Å². The highest BCUT2D eigenvalue weighted by atomic mass is 14.5. The van der Waals surface area contributed by atoms with Crippen molar-refractivity contribution in [2.45, 2.75) is 57.8 Å². The molecule has 1 radical (unpaired) electrons. The number of fused-ring (bicyclic) bond motifs is 3. The summed E-state index contributed by atoms with van der Waals surface area (Å²) in [6, 6.07) is 0. The third-order valence-corrected chi connectivity index (χ3v) is 5.15. The lowest BCUT2D eigenvalue weighted by atomic mass is 9.58. The molecule has 3 saturated carbocycles. The topological polar surface area (TPSA) is 0 Å². The fraction of sp³-hybridized carbons (Fsp3) is 0.929. The number of hydrogen-bond acceptors (Lipinski definition) is 0. The highest BCUT2D eigenvalue weighted by Gasteiger charge is 2.40. The van der Waals surface area contributed by atoms with Crippen molar-refractivity contribution in [1.82, 2.24) is 0 Å². The van der Waals surface area contributed by atoms with Crippen molar-refractivity contribution in [1.29, 1.82) is 0 Å². The van der Waals surface area contributed by atoms with Crippen LogP contribution < -0.4 is 0 Å². The Morgan fingerprint density at radius 1 is 0.714 bits per heavy atom. The van der Waals surface area contributed by atoms with Gasteiger partial charge in [0, 0.05) is 0 Å². The molecule has 0 aromatic heterocycles. The van der Waals surface area contributed by atoms with Gasteiger partial charge < -0.3 is 0 Å². The van der Waals surface area contributed by atoms with E-state index in [0.717, 1.165) is 23.7 Å². The van der Waals surface area contributed by atoms with E-state index in [9.17, 15) is 0 Å². The molecule has 3 rings (SSSR count). The normalized spacial score (nSPS) is 48.0. The van der Waals surface area contributed by atoms with Crippen molar-refractivity contribution in [2.75, 3.05) is 0 Å². The van der Waals surface area contributed by atoms with Gasteiger partial charge in [-0.15, -0.1) is 0 Å². The molecule has 4 atom stereocenters. The number of hydrogen-bond donors (Lipinski definition) is 0. The maximum atomic E-state index is 2.67. The number of rotatable bonds is 0. The van der Waals surface area contributed by atoms with Crippen LogP contribution in [0.25, 0.3) is 0 Å². The summed E-state index contributed by atoms with van der Waals surface area (Å²) in [6.07, 6.45) is 16.4. The fourth-order valence-electron chi connectivity index (χ4n) is 4.50. The van der Waals surface area contributed by atoms with Gasteiger partial charge in [-0.1, -0.05) is 25.7 Å². The lowest BCUT2D eigenvalue weighted by Crippen LogP contribution is -2.38. The van der Waals surface area contributed by atoms with Crippen LogP contribution >= 0.6 is 0 Å². The minimum absolute atomic E-state index is 1.03. The molecule has 0 aliphatic heterocycles. The average Bonchev–Trinajstić information content (AvgIpc) is 2.29. The molecule has 3 fully saturated rings. The van der Waals surface area contributed by atoms with Crippen molar-refractivity contribution < 1.29 is 0 Å². The van der Waals surface area contributed by atoms with Gasteiger partial charge in [-0.25, -0.2) is 0 Å². The summed E-state index contributed by atoms with van der Waals surface area (Å²) in [6.45, 7) is 0. The molecule has 79 valence electrons. The summed E-state index contributed by atoms with van der Waals surface area (Å²) in [5.74, 6) is 4.42. The highest BCUT2D eigenvalue weighted by molar-refractivity contribution is 4.96. The van der Waals surface area contributed by atoms with Gasteiger partial charge in [0.1, 0.15) is 0 Å². The predicted molar refractivity (Wildman–Crippen MR) is 59.8 cm³/mol. The Labute approximate surface area is 88.5 Å². The van der Waals surface area contributed by atoms with E-state index in [1.165, 1.54) is 32.1 Å². The fourth-order valence-corrected chi connectivity index (χ4v) is 4.50. The third kappa shape index (κ3) is 1.51. The third-order valence-electron chi connectivity index (χ3n) is 5.15. The molecule has 0 amide bonds. The van der Waals surface area contributed by atoms with E-state index < -0.39 is 0 Å². The summed E-state index contributed by atoms with van der Waals surface area (Å²) in [5, 5.41) is 0. The summed E-state index contributed by atoms with van der Waals surface area (Å²) in [5.41, 5.74) is 0. The molecular formula is C14H23. The van der Waals surface area contributed by atoms with Gasteiger partial charge in [-0.2, -0.15) is 0 Å². The van der Waals surface area contributed by atoms with Gasteiger partial charge >= 0.3 is 0 Å². The summed E-state index contributed by atoms with van der Waals surface area (Å²) in [7, 11) is 0. The minimum atomic E-state index is 1.03. The van der Waals surface area contributed by atoms with Crippen LogP contribution in [0.2, 0.25) is 0 Å². The summed E-state index contributed by atoms with van der Waals surface area (Å²) >= 11 is 0. The summed E-state index contributed by atoms with van der Waals surface area (Å²) in [4.78, 5) is 0. The van der Waals surface area contributed by atoms with Gasteiger partial charge in [0.05, 0.1) is 0 Å². The summed E-state index contributed by atoms with van der Waals surface area (Å²) < 4.78 is 0.